The average Bonchev–Trinajstić information content (AvgIpc) is 2.32. The first kappa shape index (κ1) is 12.7. The number of hydrogen-bond acceptors (Lipinski definition) is 2. The smallest absolute Gasteiger partial charge is 0.317 e. The van der Waals surface area contributed by atoms with Crippen LogP contribution in [0, 0.1) is 5.92 Å². The Kier molecular flexibility index (Phi) is 4.26. The summed E-state index contributed by atoms with van der Waals surface area (Å²) in [7, 11) is 0. The van der Waals surface area contributed by atoms with E-state index in [4.69, 9.17) is 5.73 Å². The molecule has 0 aromatic heterocycles. The molecule has 0 spiro atoms. The Labute approximate surface area is 104 Å². The molecule has 1 saturated carbocycles. The highest BCUT2D eigenvalue weighted by Gasteiger charge is 2.31. The number of rotatable bonds is 3. The third kappa shape index (κ3) is 2.92. The molecule has 1 heterocycles. The number of hydrogen-bond donors (Lipinski definition) is 2. The standard InChI is InChI=1S/C13H25N3O/c1-2-10-6-7-16(12(8-10)9-14)13(17)15-11-4-3-5-11/h10-12H,2-9,14H2,1H3,(H,15,17). The van der Waals surface area contributed by atoms with Gasteiger partial charge in [0.2, 0.25) is 0 Å². The van der Waals surface area contributed by atoms with Crippen molar-refractivity contribution in [2.24, 2.45) is 11.7 Å². The van der Waals surface area contributed by atoms with Crippen molar-refractivity contribution in [2.75, 3.05) is 13.1 Å². The number of piperidine rings is 1. The lowest BCUT2D eigenvalue weighted by Gasteiger charge is -2.40. The van der Waals surface area contributed by atoms with Gasteiger partial charge in [-0.05, 0) is 38.0 Å². The van der Waals surface area contributed by atoms with E-state index in [2.05, 4.69) is 12.2 Å². The molecule has 2 unspecified atom stereocenters. The van der Waals surface area contributed by atoms with Crippen LogP contribution in [-0.2, 0) is 0 Å². The summed E-state index contributed by atoms with van der Waals surface area (Å²) in [6.07, 6.45) is 6.95. The Morgan fingerprint density at radius 1 is 1.41 bits per heavy atom. The summed E-state index contributed by atoms with van der Waals surface area (Å²) in [5.41, 5.74) is 5.80. The zero-order valence-electron chi connectivity index (χ0n) is 10.8. The van der Waals surface area contributed by atoms with Gasteiger partial charge in [-0.3, -0.25) is 0 Å². The Bertz CT molecular complexity index is 265. The minimum Gasteiger partial charge on any atom is -0.335 e. The maximum Gasteiger partial charge on any atom is 0.317 e. The van der Waals surface area contributed by atoms with Crippen molar-refractivity contribution >= 4 is 6.03 Å². The van der Waals surface area contributed by atoms with Crippen LogP contribution in [0.3, 0.4) is 0 Å². The van der Waals surface area contributed by atoms with Gasteiger partial charge in [-0.1, -0.05) is 13.3 Å². The lowest BCUT2D eigenvalue weighted by molar-refractivity contribution is 0.123. The third-order valence-corrected chi connectivity index (χ3v) is 4.37. The summed E-state index contributed by atoms with van der Waals surface area (Å²) in [6.45, 7) is 3.69. The monoisotopic (exact) mass is 239 g/mol. The van der Waals surface area contributed by atoms with Crippen LogP contribution in [0.2, 0.25) is 0 Å². The molecule has 2 aliphatic rings. The number of amides is 2. The van der Waals surface area contributed by atoms with Crippen LogP contribution in [0.15, 0.2) is 0 Å². The van der Waals surface area contributed by atoms with Crippen molar-refractivity contribution in [3.8, 4) is 0 Å². The summed E-state index contributed by atoms with van der Waals surface area (Å²) in [5, 5.41) is 3.11. The third-order valence-electron chi connectivity index (χ3n) is 4.37. The molecular weight excluding hydrogens is 214 g/mol. The number of urea groups is 1. The number of carbonyl (C=O) groups excluding carboxylic acids is 1. The van der Waals surface area contributed by atoms with Crippen LogP contribution in [0.5, 0.6) is 0 Å². The van der Waals surface area contributed by atoms with E-state index in [0.29, 0.717) is 12.6 Å². The second kappa shape index (κ2) is 5.71. The van der Waals surface area contributed by atoms with E-state index in [9.17, 15) is 4.79 Å². The zero-order valence-corrected chi connectivity index (χ0v) is 10.8. The van der Waals surface area contributed by atoms with Crippen molar-refractivity contribution in [2.45, 2.75) is 57.5 Å². The number of nitrogens with zero attached hydrogens (tertiary/aromatic N) is 1. The number of nitrogens with one attached hydrogen (secondary N) is 1. The summed E-state index contributed by atoms with van der Waals surface area (Å²) in [4.78, 5) is 14.1. The first-order valence-corrected chi connectivity index (χ1v) is 7.01. The fourth-order valence-corrected chi connectivity index (χ4v) is 2.81. The highest BCUT2D eigenvalue weighted by atomic mass is 16.2. The molecule has 0 aromatic carbocycles. The first-order valence-electron chi connectivity index (χ1n) is 7.01. The second-order valence-corrected chi connectivity index (χ2v) is 5.46. The zero-order chi connectivity index (χ0) is 12.3. The van der Waals surface area contributed by atoms with Gasteiger partial charge in [0.05, 0.1) is 0 Å². The van der Waals surface area contributed by atoms with Crippen LogP contribution in [-0.4, -0.2) is 36.1 Å². The molecule has 2 rings (SSSR count). The van der Waals surface area contributed by atoms with Crippen LogP contribution in [0.4, 0.5) is 4.79 Å². The predicted octanol–water partition coefficient (Wildman–Crippen LogP) is 1.70. The normalized spacial score (nSPS) is 29.9. The van der Waals surface area contributed by atoms with Gasteiger partial charge in [0.15, 0.2) is 0 Å². The van der Waals surface area contributed by atoms with Crippen LogP contribution < -0.4 is 11.1 Å². The lowest BCUT2D eigenvalue weighted by atomic mass is 9.89. The van der Waals surface area contributed by atoms with E-state index in [-0.39, 0.29) is 12.1 Å². The number of likely N-dealkylation sites (tertiary alicyclic amines) is 1. The molecule has 0 bridgehead atoms. The topological polar surface area (TPSA) is 58.4 Å². The summed E-state index contributed by atoms with van der Waals surface area (Å²) >= 11 is 0. The fourth-order valence-electron chi connectivity index (χ4n) is 2.81. The van der Waals surface area contributed by atoms with Crippen LogP contribution in [0.1, 0.15) is 45.4 Å². The van der Waals surface area contributed by atoms with E-state index in [1.165, 1.54) is 12.8 Å². The largest absolute Gasteiger partial charge is 0.335 e. The molecule has 1 aliphatic carbocycles. The van der Waals surface area contributed by atoms with Gasteiger partial charge in [0.25, 0.3) is 0 Å². The van der Waals surface area contributed by atoms with Crippen LogP contribution >= 0.6 is 0 Å². The molecule has 2 atom stereocenters. The molecule has 1 saturated heterocycles. The second-order valence-electron chi connectivity index (χ2n) is 5.46. The molecule has 4 nitrogen and oxygen atoms in total. The van der Waals surface area contributed by atoms with E-state index < -0.39 is 0 Å². The quantitative estimate of drug-likeness (QED) is 0.787. The summed E-state index contributed by atoms with van der Waals surface area (Å²) < 4.78 is 0. The Morgan fingerprint density at radius 3 is 2.71 bits per heavy atom. The van der Waals surface area contributed by atoms with Gasteiger partial charge in [0, 0.05) is 25.2 Å². The van der Waals surface area contributed by atoms with Crippen molar-refractivity contribution < 1.29 is 4.79 Å². The van der Waals surface area contributed by atoms with E-state index in [1.54, 1.807) is 0 Å². The first-order chi connectivity index (χ1) is 8.24. The SMILES string of the molecule is CCC1CCN(C(=O)NC2CCC2)C(CN)C1. The van der Waals surface area contributed by atoms with Crippen molar-refractivity contribution in [1.29, 1.82) is 0 Å². The Morgan fingerprint density at radius 2 is 2.18 bits per heavy atom. The molecule has 2 amide bonds. The maximum absolute atomic E-state index is 12.1. The highest BCUT2D eigenvalue weighted by molar-refractivity contribution is 5.75. The molecule has 4 heteroatoms. The predicted molar refractivity (Wildman–Crippen MR) is 68.7 cm³/mol. The van der Waals surface area contributed by atoms with Gasteiger partial charge >= 0.3 is 6.03 Å². The van der Waals surface area contributed by atoms with E-state index in [0.717, 1.165) is 38.1 Å². The summed E-state index contributed by atoms with van der Waals surface area (Å²) in [6, 6.07) is 0.776. The fraction of sp³-hybridized carbons (Fsp3) is 0.923. The molecule has 98 valence electrons. The van der Waals surface area contributed by atoms with Gasteiger partial charge < -0.3 is 16.0 Å². The Hall–Kier alpha value is -0.770. The van der Waals surface area contributed by atoms with Crippen molar-refractivity contribution in [1.82, 2.24) is 10.2 Å². The number of nitrogens with two attached hydrogens (primary N) is 1. The molecule has 3 N–H and O–H groups in total. The molecule has 1 aliphatic heterocycles. The van der Waals surface area contributed by atoms with Crippen molar-refractivity contribution in [3.63, 3.8) is 0 Å². The van der Waals surface area contributed by atoms with Crippen molar-refractivity contribution in [3.05, 3.63) is 0 Å². The van der Waals surface area contributed by atoms with Crippen LogP contribution in [0.25, 0.3) is 0 Å². The summed E-state index contributed by atoms with van der Waals surface area (Å²) in [5.74, 6) is 0.747. The molecule has 0 aromatic rings. The highest BCUT2D eigenvalue weighted by Crippen LogP contribution is 2.25. The van der Waals surface area contributed by atoms with Gasteiger partial charge in [-0.25, -0.2) is 4.79 Å². The maximum atomic E-state index is 12.1. The average molecular weight is 239 g/mol. The molecule has 17 heavy (non-hydrogen) atoms. The van der Waals surface area contributed by atoms with Gasteiger partial charge in [-0.15, -0.1) is 0 Å². The minimum atomic E-state index is 0.111. The number of carbonyl (C=O) groups is 1. The van der Waals surface area contributed by atoms with E-state index >= 15 is 0 Å². The van der Waals surface area contributed by atoms with E-state index in [1.807, 2.05) is 4.90 Å². The molecular formula is C13H25N3O. The molecule has 2 fully saturated rings. The lowest BCUT2D eigenvalue weighted by Crippen LogP contribution is -2.55. The van der Waals surface area contributed by atoms with Gasteiger partial charge in [0.1, 0.15) is 0 Å². The molecule has 0 radical (unpaired) electrons. The Balaban J connectivity index is 1.87. The minimum absolute atomic E-state index is 0.111. The van der Waals surface area contributed by atoms with Gasteiger partial charge in [-0.2, -0.15) is 0 Å².